The summed E-state index contributed by atoms with van der Waals surface area (Å²) in [7, 11) is 1.55. The highest BCUT2D eigenvalue weighted by molar-refractivity contribution is 5.88. The second-order valence-corrected chi connectivity index (χ2v) is 15.3. The van der Waals surface area contributed by atoms with Crippen LogP contribution in [0.3, 0.4) is 0 Å². The predicted octanol–water partition coefficient (Wildman–Crippen LogP) is 4.94. The molecule has 47 heavy (non-hydrogen) atoms. The van der Waals surface area contributed by atoms with Crippen LogP contribution in [0.4, 0.5) is 0 Å². The molecule has 1 saturated carbocycles. The van der Waals surface area contributed by atoms with Crippen molar-refractivity contribution in [2.75, 3.05) is 13.7 Å². The fourth-order valence-electron chi connectivity index (χ4n) is 8.67. The standard InChI is InChI=1S/C37H53NO9/c1-20(2)14-23(5)30-24(6)28(38-42-8)18-36(46-30)17-27-16-26(45-36)13-12-22(4)15-21(3)10-9-11-25-19-43-33-31(39)35(7)32(47-35)29(34(40)44-27)37(25,33)41/h9-12,14,20-21,24,26-27,29-33,39,41H,13,15-19H2,1-8H3/b10-9+,22-12+,23-14+,25-11+,38-28+/t21-,24-,26?,27-,29-,30+,31-,32+,33+,35-,36-,37+/m0/s1. The molecule has 0 amide bonds. The molecule has 260 valence electrons. The zero-order valence-corrected chi connectivity index (χ0v) is 29.1. The van der Waals surface area contributed by atoms with E-state index in [0.29, 0.717) is 30.8 Å². The van der Waals surface area contributed by atoms with Crippen molar-refractivity contribution >= 4 is 11.7 Å². The van der Waals surface area contributed by atoms with Crippen LogP contribution < -0.4 is 0 Å². The molecule has 1 aliphatic carbocycles. The predicted molar refractivity (Wildman–Crippen MR) is 175 cm³/mol. The molecule has 0 aromatic rings. The normalized spacial score (nSPS) is 49.3. The number of esters is 1. The Kier molecular flexibility index (Phi) is 9.43. The van der Waals surface area contributed by atoms with Crippen LogP contribution >= 0.6 is 0 Å². The minimum atomic E-state index is -1.78. The van der Waals surface area contributed by atoms with Gasteiger partial charge in [0.1, 0.15) is 48.6 Å². The Balaban J connectivity index is 1.39. The summed E-state index contributed by atoms with van der Waals surface area (Å²) in [5, 5.41) is 28.0. The zero-order chi connectivity index (χ0) is 33.9. The average Bonchev–Trinajstić information content (AvgIpc) is 3.56. The van der Waals surface area contributed by atoms with Crippen LogP contribution in [0.25, 0.3) is 0 Å². The van der Waals surface area contributed by atoms with E-state index in [0.717, 1.165) is 17.7 Å². The molecule has 10 heteroatoms. The Morgan fingerprint density at radius 1 is 1.17 bits per heavy atom. The summed E-state index contributed by atoms with van der Waals surface area (Å²) in [6.45, 7) is 14.6. The molecular weight excluding hydrogens is 602 g/mol. The van der Waals surface area contributed by atoms with E-state index in [2.05, 4.69) is 64.9 Å². The fraction of sp³-hybridized carbons (Fsp3) is 0.730. The van der Waals surface area contributed by atoms with Gasteiger partial charge in [-0.05, 0) is 56.6 Å². The molecule has 0 aromatic carbocycles. The van der Waals surface area contributed by atoms with Crippen molar-refractivity contribution in [2.45, 2.75) is 134 Å². The summed E-state index contributed by atoms with van der Waals surface area (Å²) in [5.74, 6) is -2.24. The second kappa shape index (κ2) is 12.8. The smallest absolute Gasteiger partial charge is 0.315 e. The fourth-order valence-corrected chi connectivity index (χ4v) is 8.67. The molecule has 1 unspecified atom stereocenters. The number of epoxide rings is 1. The maximum absolute atomic E-state index is 14.3. The number of allylic oxidation sites excluding steroid dienone is 5. The second-order valence-electron chi connectivity index (χ2n) is 15.3. The molecule has 0 radical (unpaired) electrons. The van der Waals surface area contributed by atoms with Crippen LogP contribution in [-0.2, 0) is 33.3 Å². The van der Waals surface area contributed by atoms with Gasteiger partial charge in [-0.15, -0.1) is 0 Å². The van der Waals surface area contributed by atoms with E-state index < -0.39 is 53.3 Å². The van der Waals surface area contributed by atoms with Crippen molar-refractivity contribution in [3.63, 3.8) is 0 Å². The van der Waals surface area contributed by atoms with Gasteiger partial charge in [-0.3, -0.25) is 4.79 Å². The number of hydrogen-bond acceptors (Lipinski definition) is 10. The molecule has 5 fully saturated rings. The average molecular weight is 656 g/mol. The first-order chi connectivity index (χ1) is 22.2. The van der Waals surface area contributed by atoms with E-state index in [9.17, 15) is 15.0 Å². The highest BCUT2D eigenvalue weighted by Gasteiger charge is 2.78. The largest absolute Gasteiger partial charge is 0.462 e. The quantitative estimate of drug-likeness (QED) is 0.188. The van der Waals surface area contributed by atoms with Crippen LogP contribution in [0, 0.1) is 23.7 Å². The first-order valence-corrected chi connectivity index (χ1v) is 17.3. The Bertz CT molecular complexity index is 1380. The summed E-state index contributed by atoms with van der Waals surface area (Å²) in [6, 6.07) is 0. The summed E-state index contributed by atoms with van der Waals surface area (Å²) in [5.41, 5.74) is 0.894. The van der Waals surface area contributed by atoms with Crippen molar-refractivity contribution in [3.05, 3.63) is 47.1 Å². The van der Waals surface area contributed by atoms with Gasteiger partial charge in [0, 0.05) is 25.2 Å². The first-order valence-electron chi connectivity index (χ1n) is 17.3. The number of aliphatic hydroxyl groups is 2. The van der Waals surface area contributed by atoms with Gasteiger partial charge in [-0.25, -0.2) is 0 Å². The number of hydrogen-bond donors (Lipinski definition) is 2. The monoisotopic (exact) mass is 655 g/mol. The van der Waals surface area contributed by atoms with Gasteiger partial charge in [-0.1, -0.05) is 68.8 Å². The highest BCUT2D eigenvalue weighted by Crippen LogP contribution is 2.59. The van der Waals surface area contributed by atoms with Crippen LogP contribution in [0.1, 0.15) is 80.6 Å². The lowest BCUT2D eigenvalue weighted by Crippen LogP contribution is -2.64. The van der Waals surface area contributed by atoms with E-state index in [1.54, 1.807) is 14.0 Å². The lowest BCUT2D eigenvalue weighted by molar-refractivity contribution is -0.313. The first kappa shape index (κ1) is 34.5. The number of nitrogens with zero attached hydrogens (tertiary/aromatic N) is 1. The molecule has 1 spiro atoms. The van der Waals surface area contributed by atoms with Crippen LogP contribution in [0.5, 0.6) is 0 Å². The number of rotatable bonds is 3. The third-order valence-electron chi connectivity index (χ3n) is 11.0. The molecule has 2 N–H and O–H groups in total. The number of ether oxygens (including phenoxy) is 5. The molecule has 5 heterocycles. The summed E-state index contributed by atoms with van der Waals surface area (Å²) >= 11 is 0. The highest BCUT2D eigenvalue weighted by atomic mass is 16.7. The third-order valence-corrected chi connectivity index (χ3v) is 11.0. The number of oxime groups is 1. The van der Waals surface area contributed by atoms with E-state index in [4.69, 9.17) is 28.5 Å². The van der Waals surface area contributed by atoms with E-state index >= 15 is 0 Å². The Morgan fingerprint density at radius 3 is 2.66 bits per heavy atom. The Morgan fingerprint density at radius 2 is 1.94 bits per heavy atom. The van der Waals surface area contributed by atoms with Gasteiger partial charge in [0.2, 0.25) is 0 Å². The molecular formula is C37H53NO9. The van der Waals surface area contributed by atoms with Crippen LogP contribution in [0.15, 0.2) is 52.3 Å². The molecule has 6 aliphatic rings. The Labute approximate surface area is 278 Å². The lowest BCUT2D eigenvalue weighted by atomic mass is 9.66. The topological polar surface area (TPSA) is 129 Å². The minimum absolute atomic E-state index is 0.0418. The van der Waals surface area contributed by atoms with E-state index in [1.807, 2.05) is 12.2 Å². The summed E-state index contributed by atoms with van der Waals surface area (Å²) in [6.07, 6.45) is 8.84. The number of carbonyl (C=O) groups excluding carboxylic acids is 1. The molecule has 4 saturated heterocycles. The van der Waals surface area contributed by atoms with Gasteiger partial charge in [0.25, 0.3) is 0 Å². The van der Waals surface area contributed by atoms with Crippen molar-refractivity contribution in [3.8, 4) is 0 Å². The molecule has 12 atom stereocenters. The number of fused-ring (bicyclic) bond motifs is 4. The van der Waals surface area contributed by atoms with Gasteiger partial charge >= 0.3 is 5.97 Å². The van der Waals surface area contributed by atoms with Gasteiger partial charge in [0.15, 0.2) is 5.79 Å². The van der Waals surface area contributed by atoms with Crippen molar-refractivity contribution in [1.29, 1.82) is 0 Å². The molecule has 10 nitrogen and oxygen atoms in total. The van der Waals surface area contributed by atoms with Crippen molar-refractivity contribution in [1.82, 2.24) is 0 Å². The van der Waals surface area contributed by atoms with E-state index in [1.165, 1.54) is 5.57 Å². The minimum Gasteiger partial charge on any atom is -0.462 e. The number of carbonyl (C=O) groups is 1. The van der Waals surface area contributed by atoms with E-state index in [-0.39, 0.29) is 37.1 Å². The molecule has 6 rings (SSSR count). The summed E-state index contributed by atoms with van der Waals surface area (Å²) in [4.78, 5) is 19.6. The maximum Gasteiger partial charge on any atom is 0.315 e. The van der Waals surface area contributed by atoms with Crippen LogP contribution in [-0.4, -0.2) is 89.2 Å². The maximum atomic E-state index is 14.3. The van der Waals surface area contributed by atoms with Gasteiger partial charge < -0.3 is 38.7 Å². The lowest BCUT2D eigenvalue weighted by Gasteiger charge is -2.50. The molecule has 2 bridgehead atoms. The van der Waals surface area contributed by atoms with Gasteiger partial charge in [0.05, 0.1) is 24.5 Å². The SMILES string of the molecule is CO/N=C1\C[C@]2(C[C@@H]3CC(C/C=C(\C)C[C@@H](C)/C=C/C=C4\CO[C@@H]5[C@H](O)[C@]6(C)O[C@@H]6[C@@H](C(=O)O3)[C@]45O)O2)O[C@H](/C(C)=C/C(C)C)[C@H]1C. The Hall–Kier alpha value is -2.34. The summed E-state index contributed by atoms with van der Waals surface area (Å²) < 4.78 is 32.2. The molecule has 5 aliphatic heterocycles. The van der Waals surface area contributed by atoms with Crippen molar-refractivity contribution in [2.24, 2.45) is 28.8 Å². The van der Waals surface area contributed by atoms with Gasteiger partial charge in [-0.2, -0.15) is 0 Å². The zero-order valence-electron chi connectivity index (χ0n) is 29.1. The van der Waals surface area contributed by atoms with Crippen molar-refractivity contribution < 1.29 is 43.5 Å². The number of aliphatic hydroxyl groups excluding tert-OH is 1. The third kappa shape index (κ3) is 6.30. The molecule has 0 aromatic heterocycles. The van der Waals surface area contributed by atoms with Crippen LogP contribution in [0.2, 0.25) is 0 Å².